The molecule has 0 aliphatic carbocycles. The fourth-order valence-corrected chi connectivity index (χ4v) is 6.04. The maximum absolute atomic E-state index is 13.9. The van der Waals surface area contributed by atoms with Crippen molar-refractivity contribution in [3.05, 3.63) is 108 Å². The van der Waals surface area contributed by atoms with Gasteiger partial charge in [-0.1, -0.05) is 72.8 Å². The molecule has 0 fully saturated rings. The van der Waals surface area contributed by atoms with Crippen LogP contribution in [0.4, 0.5) is 5.69 Å². The van der Waals surface area contributed by atoms with E-state index in [1.165, 1.54) is 14.2 Å². The predicted molar refractivity (Wildman–Crippen MR) is 157 cm³/mol. The molecule has 6 nitrogen and oxygen atoms in total. The van der Waals surface area contributed by atoms with Crippen molar-refractivity contribution in [1.29, 1.82) is 0 Å². The zero-order valence-electron chi connectivity index (χ0n) is 22.6. The van der Waals surface area contributed by atoms with Gasteiger partial charge in [0.05, 0.1) is 21.3 Å². The molecule has 0 unspecified atom stereocenters. The van der Waals surface area contributed by atoms with E-state index in [0.717, 1.165) is 43.8 Å². The lowest BCUT2D eigenvalue weighted by Crippen LogP contribution is -2.63. The fraction of sp³-hybridized carbons (Fsp3) is 0.176. The normalized spacial score (nSPS) is 14.0. The molecule has 200 valence electrons. The molecule has 0 spiro atoms. The van der Waals surface area contributed by atoms with Crippen LogP contribution in [0.1, 0.15) is 11.1 Å². The summed E-state index contributed by atoms with van der Waals surface area (Å²) in [6, 6.07) is 32.1. The van der Waals surface area contributed by atoms with Gasteiger partial charge in [-0.3, -0.25) is 0 Å². The average Bonchev–Trinajstić information content (AvgIpc) is 3.00. The average molecular weight is 532 g/mol. The second-order valence-electron chi connectivity index (χ2n) is 9.95. The number of carbonyl (C=O) groups is 2. The van der Waals surface area contributed by atoms with Gasteiger partial charge in [0.25, 0.3) is 0 Å². The van der Waals surface area contributed by atoms with Gasteiger partial charge in [-0.05, 0) is 68.1 Å². The lowest BCUT2D eigenvalue weighted by Gasteiger charge is -2.43. The van der Waals surface area contributed by atoms with Crippen molar-refractivity contribution in [2.24, 2.45) is 0 Å². The summed E-state index contributed by atoms with van der Waals surface area (Å²) in [5.74, 6) is -0.697. The Kier molecular flexibility index (Phi) is 6.39. The smallest absolute Gasteiger partial charge is 0.343 e. The van der Waals surface area contributed by atoms with Crippen LogP contribution in [-0.4, -0.2) is 38.8 Å². The zero-order chi connectivity index (χ0) is 27.9. The van der Waals surface area contributed by atoms with Gasteiger partial charge in [0.1, 0.15) is 5.75 Å². The summed E-state index contributed by atoms with van der Waals surface area (Å²) in [6.45, 7) is 0.263. The molecule has 0 radical (unpaired) electrons. The van der Waals surface area contributed by atoms with Crippen molar-refractivity contribution in [3.8, 4) is 16.9 Å². The number of anilines is 1. The van der Waals surface area contributed by atoms with Crippen molar-refractivity contribution in [3.63, 3.8) is 0 Å². The van der Waals surface area contributed by atoms with E-state index in [9.17, 15) is 9.59 Å². The standard InChI is InChI=1S/C34H29NO5/c1-38-27-18-16-26(17-19-27)35-21-25-15-13-23-9-5-7-11-29(23)31(25)30-24(14-12-22-8-4-6-10-28(22)30)20-34(35,32(36)39-2)33(37)40-3/h4-19H,20-21H2,1-3H3. The van der Waals surface area contributed by atoms with Crippen LogP contribution >= 0.6 is 0 Å². The van der Waals surface area contributed by atoms with E-state index < -0.39 is 17.5 Å². The summed E-state index contributed by atoms with van der Waals surface area (Å²) in [5, 5.41) is 4.36. The van der Waals surface area contributed by atoms with Crippen LogP contribution in [0.15, 0.2) is 97.1 Å². The molecular formula is C34H29NO5. The van der Waals surface area contributed by atoms with Gasteiger partial charge in [-0.2, -0.15) is 0 Å². The molecule has 5 aromatic rings. The molecule has 6 rings (SSSR count). The van der Waals surface area contributed by atoms with E-state index >= 15 is 0 Å². The molecule has 0 bridgehead atoms. The maximum Gasteiger partial charge on any atom is 0.343 e. The number of hydrogen-bond acceptors (Lipinski definition) is 6. The number of hydrogen-bond donors (Lipinski definition) is 0. The van der Waals surface area contributed by atoms with Crippen LogP contribution in [0.25, 0.3) is 32.7 Å². The molecule has 6 heteroatoms. The summed E-state index contributed by atoms with van der Waals surface area (Å²) < 4.78 is 16.1. The third-order valence-electron chi connectivity index (χ3n) is 7.95. The Morgan fingerprint density at radius 3 is 1.73 bits per heavy atom. The minimum Gasteiger partial charge on any atom is -0.497 e. The van der Waals surface area contributed by atoms with Gasteiger partial charge >= 0.3 is 11.9 Å². The minimum atomic E-state index is -1.78. The van der Waals surface area contributed by atoms with Crippen LogP contribution in [0.5, 0.6) is 5.75 Å². The molecule has 0 saturated carbocycles. The number of methoxy groups -OCH3 is 3. The highest BCUT2D eigenvalue weighted by Crippen LogP contribution is 2.45. The molecule has 1 heterocycles. The Morgan fingerprint density at radius 2 is 1.18 bits per heavy atom. The number of nitrogens with zero attached hydrogens (tertiary/aromatic N) is 1. The van der Waals surface area contributed by atoms with Crippen molar-refractivity contribution in [1.82, 2.24) is 0 Å². The second-order valence-corrected chi connectivity index (χ2v) is 9.95. The third-order valence-corrected chi connectivity index (χ3v) is 7.95. The largest absolute Gasteiger partial charge is 0.497 e. The Balaban J connectivity index is 1.74. The number of benzene rings is 5. The van der Waals surface area contributed by atoms with E-state index in [-0.39, 0.29) is 13.0 Å². The van der Waals surface area contributed by atoms with Crippen LogP contribution < -0.4 is 9.64 Å². The lowest BCUT2D eigenvalue weighted by atomic mass is 9.78. The van der Waals surface area contributed by atoms with Crippen molar-refractivity contribution >= 4 is 39.2 Å². The SMILES string of the molecule is COC(=O)C1(C(=O)OC)Cc2ccc3ccccc3c2-c2c(ccc3ccccc23)CN1c1ccc(OC)cc1. The first-order valence-corrected chi connectivity index (χ1v) is 13.1. The number of carbonyl (C=O) groups excluding carboxylic acids is 2. The first-order valence-electron chi connectivity index (χ1n) is 13.1. The minimum absolute atomic E-state index is 0.0568. The molecular weight excluding hydrogens is 502 g/mol. The van der Waals surface area contributed by atoms with Gasteiger partial charge in [-0.15, -0.1) is 0 Å². The molecule has 1 aliphatic rings. The summed E-state index contributed by atoms with van der Waals surface area (Å²) >= 11 is 0. The molecule has 0 N–H and O–H groups in total. The van der Waals surface area contributed by atoms with E-state index in [2.05, 4.69) is 36.4 Å². The van der Waals surface area contributed by atoms with Crippen molar-refractivity contribution in [2.75, 3.05) is 26.2 Å². The fourth-order valence-electron chi connectivity index (χ4n) is 6.04. The number of esters is 2. The number of rotatable bonds is 4. The lowest BCUT2D eigenvalue weighted by molar-refractivity contribution is -0.161. The van der Waals surface area contributed by atoms with Gasteiger partial charge < -0.3 is 19.1 Å². The Hall–Kier alpha value is -4.84. The van der Waals surface area contributed by atoms with Gasteiger partial charge in [0.15, 0.2) is 0 Å². The van der Waals surface area contributed by atoms with E-state index in [1.807, 2.05) is 65.6 Å². The highest BCUT2D eigenvalue weighted by molar-refractivity contribution is 6.12. The summed E-state index contributed by atoms with van der Waals surface area (Å²) in [4.78, 5) is 29.6. The molecule has 1 aliphatic heterocycles. The topological polar surface area (TPSA) is 65.1 Å². The third kappa shape index (κ3) is 3.87. The molecule has 0 saturated heterocycles. The molecule has 0 aromatic heterocycles. The van der Waals surface area contributed by atoms with Crippen molar-refractivity contribution in [2.45, 2.75) is 18.5 Å². The van der Waals surface area contributed by atoms with E-state index in [0.29, 0.717) is 11.4 Å². The van der Waals surface area contributed by atoms with Crippen molar-refractivity contribution < 1.29 is 23.8 Å². The highest BCUT2D eigenvalue weighted by Gasteiger charge is 2.55. The Labute approximate surface area is 232 Å². The van der Waals surface area contributed by atoms with Crippen LogP contribution in [0.2, 0.25) is 0 Å². The quantitative estimate of drug-likeness (QED) is 0.200. The second kappa shape index (κ2) is 10.0. The van der Waals surface area contributed by atoms with Gasteiger partial charge in [0.2, 0.25) is 5.54 Å². The first kappa shape index (κ1) is 25.4. The first-order chi connectivity index (χ1) is 19.5. The number of fused-ring (bicyclic) bond motifs is 7. The zero-order valence-corrected chi connectivity index (χ0v) is 22.6. The maximum atomic E-state index is 13.9. The van der Waals surface area contributed by atoms with Gasteiger partial charge in [-0.25, -0.2) is 9.59 Å². The van der Waals surface area contributed by atoms with Crippen LogP contribution in [0, 0.1) is 0 Å². The van der Waals surface area contributed by atoms with Crippen LogP contribution in [0.3, 0.4) is 0 Å². The van der Waals surface area contributed by atoms with E-state index in [4.69, 9.17) is 14.2 Å². The van der Waals surface area contributed by atoms with E-state index in [1.54, 1.807) is 7.11 Å². The highest BCUT2D eigenvalue weighted by atomic mass is 16.5. The summed E-state index contributed by atoms with van der Waals surface area (Å²) in [7, 11) is 4.21. The summed E-state index contributed by atoms with van der Waals surface area (Å²) in [6.07, 6.45) is 0.0568. The Bertz CT molecular complexity index is 1740. The van der Waals surface area contributed by atoms with Crippen LogP contribution in [-0.2, 0) is 32.0 Å². The molecule has 5 aromatic carbocycles. The number of ether oxygens (including phenoxy) is 3. The molecule has 40 heavy (non-hydrogen) atoms. The summed E-state index contributed by atoms with van der Waals surface area (Å²) in [5.41, 5.74) is 2.82. The monoisotopic (exact) mass is 531 g/mol. The van der Waals surface area contributed by atoms with Gasteiger partial charge in [0, 0.05) is 18.7 Å². The molecule has 0 amide bonds. The Morgan fingerprint density at radius 1 is 0.650 bits per heavy atom. The molecule has 0 atom stereocenters. The predicted octanol–water partition coefficient (Wildman–Crippen LogP) is 6.32.